The third-order valence-electron chi connectivity index (χ3n) is 3.18. The molecule has 0 aliphatic heterocycles. The molecule has 96 valence electrons. The second-order valence-electron chi connectivity index (χ2n) is 4.66. The molecule has 0 saturated carbocycles. The minimum Gasteiger partial charge on any atom is -0.337 e. The molecule has 18 heavy (non-hydrogen) atoms. The molecule has 0 bridgehead atoms. The number of nitrogens with zero attached hydrogens (tertiary/aromatic N) is 2. The maximum atomic E-state index is 4.35. The summed E-state index contributed by atoms with van der Waals surface area (Å²) in [6.07, 6.45) is 6.11. The van der Waals surface area contributed by atoms with Gasteiger partial charge in [-0.15, -0.1) is 0 Å². The molecule has 1 aromatic heterocycles. The van der Waals surface area contributed by atoms with Crippen LogP contribution in [0, 0.1) is 0 Å². The molecular weight excluding hydrogens is 222 g/mol. The molecular formula is C15H21N3. The van der Waals surface area contributed by atoms with Gasteiger partial charge in [-0.1, -0.05) is 30.3 Å². The highest BCUT2D eigenvalue weighted by molar-refractivity contribution is 5.14. The Morgan fingerprint density at radius 1 is 1.28 bits per heavy atom. The smallest absolute Gasteiger partial charge is 0.125 e. The van der Waals surface area contributed by atoms with E-state index in [2.05, 4.69) is 52.1 Å². The van der Waals surface area contributed by atoms with Crippen LogP contribution >= 0.6 is 0 Å². The van der Waals surface area contributed by atoms with Gasteiger partial charge >= 0.3 is 0 Å². The molecule has 1 atom stereocenters. The summed E-state index contributed by atoms with van der Waals surface area (Å²) in [6, 6.07) is 10.9. The van der Waals surface area contributed by atoms with Crippen molar-refractivity contribution in [3.8, 4) is 0 Å². The zero-order chi connectivity index (χ0) is 12.8. The number of aromatic nitrogens is 2. The van der Waals surface area contributed by atoms with Gasteiger partial charge in [0, 0.05) is 19.4 Å². The fourth-order valence-electron chi connectivity index (χ4n) is 2.14. The average Bonchev–Trinajstić information content (AvgIpc) is 2.82. The molecule has 0 fully saturated rings. The topological polar surface area (TPSA) is 29.9 Å². The largest absolute Gasteiger partial charge is 0.337 e. The summed E-state index contributed by atoms with van der Waals surface area (Å²) in [5.41, 5.74) is 1.41. The number of aryl methyl sites for hydroxylation is 2. The lowest BCUT2D eigenvalue weighted by atomic mass is 10.1. The third-order valence-corrected chi connectivity index (χ3v) is 3.18. The zero-order valence-corrected chi connectivity index (χ0v) is 11.1. The first-order chi connectivity index (χ1) is 8.77. The summed E-state index contributed by atoms with van der Waals surface area (Å²) in [4.78, 5) is 4.35. The number of benzene rings is 1. The van der Waals surface area contributed by atoms with Gasteiger partial charge in [0.2, 0.25) is 0 Å². The van der Waals surface area contributed by atoms with Gasteiger partial charge in [0.25, 0.3) is 0 Å². The van der Waals surface area contributed by atoms with Crippen LogP contribution in [-0.4, -0.2) is 16.1 Å². The summed E-state index contributed by atoms with van der Waals surface area (Å²) in [6.45, 7) is 3.17. The Kier molecular flexibility index (Phi) is 4.53. The monoisotopic (exact) mass is 243 g/mol. The molecule has 0 radical (unpaired) electrons. The fourth-order valence-corrected chi connectivity index (χ4v) is 2.14. The van der Waals surface area contributed by atoms with Crippen molar-refractivity contribution in [1.82, 2.24) is 14.9 Å². The molecule has 1 aromatic carbocycles. The maximum Gasteiger partial charge on any atom is 0.125 e. The highest BCUT2D eigenvalue weighted by Crippen LogP contribution is 2.08. The molecule has 0 saturated heterocycles. The van der Waals surface area contributed by atoms with Gasteiger partial charge < -0.3 is 9.88 Å². The molecule has 3 nitrogen and oxygen atoms in total. The Morgan fingerprint density at radius 3 is 2.72 bits per heavy atom. The van der Waals surface area contributed by atoms with Gasteiger partial charge in [-0.05, 0) is 31.9 Å². The Bertz CT molecular complexity index is 462. The van der Waals surface area contributed by atoms with Gasteiger partial charge in [0.05, 0.1) is 6.04 Å². The highest BCUT2D eigenvalue weighted by Gasteiger charge is 2.08. The summed E-state index contributed by atoms with van der Waals surface area (Å²) < 4.78 is 2.06. The van der Waals surface area contributed by atoms with Crippen molar-refractivity contribution in [2.75, 3.05) is 6.54 Å². The van der Waals surface area contributed by atoms with Gasteiger partial charge in [-0.3, -0.25) is 0 Å². The molecule has 1 N–H and O–H groups in total. The van der Waals surface area contributed by atoms with Crippen molar-refractivity contribution in [3.05, 3.63) is 54.1 Å². The Morgan fingerprint density at radius 2 is 2.06 bits per heavy atom. The van der Waals surface area contributed by atoms with E-state index in [9.17, 15) is 0 Å². The third kappa shape index (κ3) is 3.44. The predicted octanol–water partition coefficient (Wildman–Crippen LogP) is 2.70. The fraction of sp³-hybridized carbons (Fsp3) is 0.400. The highest BCUT2D eigenvalue weighted by atomic mass is 15.1. The van der Waals surface area contributed by atoms with E-state index in [1.54, 1.807) is 0 Å². The van der Waals surface area contributed by atoms with E-state index in [0.29, 0.717) is 6.04 Å². The van der Waals surface area contributed by atoms with E-state index in [4.69, 9.17) is 0 Å². The normalized spacial score (nSPS) is 12.6. The number of imidazole rings is 1. The van der Waals surface area contributed by atoms with Crippen LogP contribution in [0.1, 0.15) is 30.8 Å². The van der Waals surface area contributed by atoms with Crippen molar-refractivity contribution in [1.29, 1.82) is 0 Å². The standard InChI is InChI=1S/C15H21N3/c1-13(15-17-11-12-18(15)2)16-10-6-9-14-7-4-3-5-8-14/h3-5,7-8,11-13,16H,6,9-10H2,1-2H3. The first kappa shape index (κ1) is 12.8. The maximum absolute atomic E-state index is 4.35. The molecule has 1 unspecified atom stereocenters. The van der Waals surface area contributed by atoms with Crippen LogP contribution in [0.25, 0.3) is 0 Å². The van der Waals surface area contributed by atoms with Crippen LogP contribution < -0.4 is 5.32 Å². The second kappa shape index (κ2) is 6.36. The molecule has 2 rings (SSSR count). The average molecular weight is 243 g/mol. The summed E-state index contributed by atoms with van der Waals surface area (Å²) in [5, 5.41) is 3.51. The Hall–Kier alpha value is -1.61. The SMILES string of the molecule is CC(NCCCc1ccccc1)c1nccn1C. The van der Waals surface area contributed by atoms with Crippen molar-refractivity contribution >= 4 is 0 Å². The molecule has 0 spiro atoms. The first-order valence-corrected chi connectivity index (χ1v) is 6.52. The Labute approximate surface area is 109 Å². The van der Waals surface area contributed by atoms with E-state index in [-0.39, 0.29) is 0 Å². The minimum atomic E-state index is 0.306. The minimum absolute atomic E-state index is 0.306. The zero-order valence-electron chi connectivity index (χ0n) is 11.1. The van der Waals surface area contributed by atoms with E-state index < -0.39 is 0 Å². The van der Waals surface area contributed by atoms with Crippen molar-refractivity contribution in [3.63, 3.8) is 0 Å². The molecule has 3 heteroatoms. The number of rotatable bonds is 6. The lowest BCUT2D eigenvalue weighted by Gasteiger charge is -2.13. The molecule has 2 aromatic rings. The first-order valence-electron chi connectivity index (χ1n) is 6.52. The molecule has 0 amide bonds. The van der Waals surface area contributed by atoms with E-state index in [1.165, 1.54) is 5.56 Å². The predicted molar refractivity (Wildman–Crippen MR) is 74.4 cm³/mol. The summed E-state index contributed by atoms with van der Waals surface area (Å²) in [7, 11) is 2.03. The number of hydrogen-bond donors (Lipinski definition) is 1. The second-order valence-corrected chi connectivity index (χ2v) is 4.66. The van der Waals surface area contributed by atoms with Crippen LogP contribution in [0.5, 0.6) is 0 Å². The number of hydrogen-bond acceptors (Lipinski definition) is 2. The van der Waals surface area contributed by atoms with Crippen molar-refractivity contribution in [2.45, 2.75) is 25.8 Å². The van der Waals surface area contributed by atoms with Gasteiger partial charge in [-0.2, -0.15) is 0 Å². The van der Waals surface area contributed by atoms with E-state index >= 15 is 0 Å². The van der Waals surface area contributed by atoms with Crippen LogP contribution in [0.2, 0.25) is 0 Å². The van der Waals surface area contributed by atoms with Crippen LogP contribution in [0.15, 0.2) is 42.7 Å². The van der Waals surface area contributed by atoms with Gasteiger partial charge in [-0.25, -0.2) is 4.98 Å². The lowest BCUT2D eigenvalue weighted by Crippen LogP contribution is -2.22. The van der Waals surface area contributed by atoms with Gasteiger partial charge in [0.15, 0.2) is 0 Å². The van der Waals surface area contributed by atoms with Crippen LogP contribution in [0.3, 0.4) is 0 Å². The van der Waals surface area contributed by atoms with Gasteiger partial charge in [0.1, 0.15) is 5.82 Å². The summed E-state index contributed by atoms with van der Waals surface area (Å²) >= 11 is 0. The van der Waals surface area contributed by atoms with E-state index in [1.807, 2.05) is 19.4 Å². The van der Waals surface area contributed by atoms with E-state index in [0.717, 1.165) is 25.2 Å². The lowest BCUT2D eigenvalue weighted by molar-refractivity contribution is 0.521. The molecule has 0 aliphatic rings. The quantitative estimate of drug-likeness (QED) is 0.791. The Balaban J connectivity index is 1.71. The molecule has 1 heterocycles. The van der Waals surface area contributed by atoms with Crippen molar-refractivity contribution in [2.24, 2.45) is 7.05 Å². The summed E-state index contributed by atoms with van der Waals surface area (Å²) in [5.74, 6) is 1.09. The van der Waals surface area contributed by atoms with Crippen LogP contribution in [-0.2, 0) is 13.5 Å². The van der Waals surface area contributed by atoms with Crippen LogP contribution in [0.4, 0.5) is 0 Å². The number of nitrogens with one attached hydrogen (secondary N) is 1. The van der Waals surface area contributed by atoms with Crippen molar-refractivity contribution < 1.29 is 0 Å². The molecule has 0 aliphatic carbocycles.